The highest BCUT2D eigenvalue weighted by atomic mass is 32.2. The van der Waals surface area contributed by atoms with Gasteiger partial charge in [-0.05, 0) is 25.5 Å². The van der Waals surface area contributed by atoms with Gasteiger partial charge < -0.3 is 15.8 Å². The van der Waals surface area contributed by atoms with Crippen LogP contribution in [0.15, 0.2) is 6.07 Å². The molecule has 1 aliphatic heterocycles. The number of anilines is 2. The summed E-state index contributed by atoms with van der Waals surface area (Å²) in [7, 11) is 0. The zero-order valence-electron chi connectivity index (χ0n) is 10.7. The van der Waals surface area contributed by atoms with Crippen molar-refractivity contribution in [3.63, 3.8) is 0 Å². The highest BCUT2D eigenvalue weighted by Gasteiger charge is 2.15. The van der Waals surface area contributed by atoms with Crippen LogP contribution < -0.4 is 11.1 Å². The summed E-state index contributed by atoms with van der Waals surface area (Å²) in [5, 5.41) is 4.03. The Morgan fingerprint density at radius 3 is 3.17 bits per heavy atom. The normalized spacial score (nSPS) is 19.1. The van der Waals surface area contributed by atoms with Crippen LogP contribution in [0.3, 0.4) is 0 Å². The molecule has 1 unspecified atom stereocenters. The summed E-state index contributed by atoms with van der Waals surface area (Å²) in [5.74, 6) is 3.19. The van der Waals surface area contributed by atoms with Gasteiger partial charge in [-0.2, -0.15) is 11.8 Å². The molecular formula is C12H20N4OS. The SMILES string of the molecule is CCOCc1nc(N)cc(NCC2CCCS2)n1. The van der Waals surface area contributed by atoms with Gasteiger partial charge in [-0.3, -0.25) is 0 Å². The van der Waals surface area contributed by atoms with Crippen molar-refractivity contribution in [1.29, 1.82) is 0 Å². The summed E-state index contributed by atoms with van der Waals surface area (Å²) in [5.41, 5.74) is 5.76. The third kappa shape index (κ3) is 4.03. The van der Waals surface area contributed by atoms with Crippen molar-refractivity contribution in [2.45, 2.75) is 31.6 Å². The standard InChI is InChI=1S/C12H20N4OS/c1-2-17-8-12-15-10(13)6-11(16-12)14-7-9-4-3-5-18-9/h6,9H,2-5,7-8H2,1H3,(H3,13,14,15,16). The van der Waals surface area contributed by atoms with Gasteiger partial charge in [0.15, 0.2) is 5.82 Å². The lowest BCUT2D eigenvalue weighted by atomic mass is 10.2. The van der Waals surface area contributed by atoms with Crippen molar-refractivity contribution < 1.29 is 4.74 Å². The van der Waals surface area contributed by atoms with Crippen LogP contribution in [0.2, 0.25) is 0 Å². The van der Waals surface area contributed by atoms with Gasteiger partial charge in [0.05, 0.1) is 0 Å². The average molecular weight is 268 g/mol. The fraction of sp³-hybridized carbons (Fsp3) is 0.667. The van der Waals surface area contributed by atoms with Crippen molar-refractivity contribution in [2.75, 3.05) is 30.0 Å². The molecule has 2 heterocycles. The summed E-state index contributed by atoms with van der Waals surface area (Å²) in [6.45, 7) is 3.95. The topological polar surface area (TPSA) is 73.1 Å². The number of hydrogen-bond acceptors (Lipinski definition) is 6. The van der Waals surface area contributed by atoms with Crippen molar-refractivity contribution in [2.24, 2.45) is 0 Å². The van der Waals surface area contributed by atoms with E-state index in [0.717, 1.165) is 12.4 Å². The average Bonchev–Trinajstić information content (AvgIpc) is 2.86. The van der Waals surface area contributed by atoms with E-state index in [4.69, 9.17) is 10.5 Å². The third-order valence-corrected chi connectivity index (χ3v) is 4.16. The number of aromatic nitrogens is 2. The van der Waals surface area contributed by atoms with Gasteiger partial charge in [0.2, 0.25) is 0 Å². The van der Waals surface area contributed by atoms with Gasteiger partial charge in [-0.25, -0.2) is 9.97 Å². The molecule has 18 heavy (non-hydrogen) atoms. The molecule has 0 aromatic carbocycles. The Labute approximate surface area is 112 Å². The molecule has 0 bridgehead atoms. The van der Waals surface area contributed by atoms with E-state index in [-0.39, 0.29) is 0 Å². The molecule has 1 aromatic rings. The Morgan fingerprint density at radius 2 is 2.44 bits per heavy atom. The molecular weight excluding hydrogens is 248 g/mol. The minimum absolute atomic E-state index is 0.411. The molecule has 1 atom stereocenters. The van der Waals surface area contributed by atoms with Crippen LogP contribution in [-0.2, 0) is 11.3 Å². The van der Waals surface area contributed by atoms with Gasteiger partial charge in [0.1, 0.15) is 18.2 Å². The second-order valence-electron chi connectivity index (χ2n) is 4.25. The fourth-order valence-electron chi connectivity index (χ4n) is 1.89. The molecule has 1 saturated heterocycles. The Morgan fingerprint density at radius 1 is 1.56 bits per heavy atom. The van der Waals surface area contributed by atoms with E-state index in [2.05, 4.69) is 15.3 Å². The van der Waals surface area contributed by atoms with E-state index < -0.39 is 0 Å². The molecule has 0 saturated carbocycles. The Balaban J connectivity index is 1.91. The summed E-state index contributed by atoms with van der Waals surface area (Å²) >= 11 is 2.02. The molecule has 1 aliphatic rings. The minimum atomic E-state index is 0.411. The number of thioether (sulfide) groups is 1. The van der Waals surface area contributed by atoms with E-state index in [9.17, 15) is 0 Å². The molecule has 6 heteroatoms. The first-order chi connectivity index (χ1) is 8.78. The summed E-state index contributed by atoms with van der Waals surface area (Å²) in [6, 6.07) is 1.77. The predicted molar refractivity (Wildman–Crippen MR) is 75.7 cm³/mol. The van der Waals surface area contributed by atoms with Crippen molar-refractivity contribution >= 4 is 23.4 Å². The van der Waals surface area contributed by atoms with Gasteiger partial charge >= 0.3 is 0 Å². The number of nitrogens with zero attached hydrogens (tertiary/aromatic N) is 2. The van der Waals surface area contributed by atoms with E-state index in [1.54, 1.807) is 6.07 Å². The van der Waals surface area contributed by atoms with E-state index in [1.165, 1.54) is 18.6 Å². The van der Waals surface area contributed by atoms with Crippen LogP contribution in [0.1, 0.15) is 25.6 Å². The van der Waals surface area contributed by atoms with E-state index in [0.29, 0.717) is 30.1 Å². The Kier molecular flexibility index (Phi) is 5.07. The second-order valence-corrected chi connectivity index (χ2v) is 5.66. The molecule has 0 amide bonds. The second kappa shape index (κ2) is 6.80. The molecule has 5 nitrogen and oxygen atoms in total. The van der Waals surface area contributed by atoms with Crippen LogP contribution in [0.4, 0.5) is 11.6 Å². The number of nitrogens with two attached hydrogens (primary N) is 1. The highest BCUT2D eigenvalue weighted by Crippen LogP contribution is 2.26. The number of ether oxygens (including phenoxy) is 1. The van der Waals surface area contributed by atoms with Crippen LogP contribution in [0.5, 0.6) is 0 Å². The number of nitrogen functional groups attached to an aromatic ring is 1. The monoisotopic (exact) mass is 268 g/mol. The number of nitrogens with one attached hydrogen (secondary N) is 1. The molecule has 1 aromatic heterocycles. The zero-order chi connectivity index (χ0) is 12.8. The molecule has 2 rings (SSSR count). The Bertz CT molecular complexity index is 382. The minimum Gasteiger partial charge on any atom is -0.384 e. The highest BCUT2D eigenvalue weighted by molar-refractivity contribution is 8.00. The largest absolute Gasteiger partial charge is 0.384 e. The number of hydrogen-bond donors (Lipinski definition) is 2. The van der Waals surface area contributed by atoms with Crippen molar-refractivity contribution in [1.82, 2.24) is 9.97 Å². The smallest absolute Gasteiger partial charge is 0.158 e. The van der Waals surface area contributed by atoms with Gasteiger partial charge in [-0.1, -0.05) is 0 Å². The van der Waals surface area contributed by atoms with Gasteiger partial charge in [0, 0.05) is 24.5 Å². The van der Waals surface area contributed by atoms with E-state index in [1.807, 2.05) is 18.7 Å². The lowest BCUT2D eigenvalue weighted by molar-refractivity contribution is 0.128. The summed E-state index contributed by atoms with van der Waals surface area (Å²) in [6.07, 6.45) is 2.60. The molecule has 100 valence electrons. The Hall–Kier alpha value is -1.01. The van der Waals surface area contributed by atoms with Crippen LogP contribution in [0.25, 0.3) is 0 Å². The van der Waals surface area contributed by atoms with Crippen LogP contribution in [-0.4, -0.2) is 34.1 Å². The maximum absolute atomic E-state index is 5.76. The molecule has 3 N–H and O–H groups in total. The van der Waals surface area contributed by atoms with Crippen molar-refractivity contribution in [3.8, 4) is 0 Å². The molecule has 0 aliphatic carbocycles. The first kappa shape index (κ1) is 13.4. The van der Waals surface area contributed by atoms with E-state index >= 15 is 0 Å². The lowest BCUT2D eigenvalue weighted by Crippen LogP contribution is -2.15. The number of rotatable bonds is 6. The van der Waals surface area contributed by atoms with Crippen molar-refractivity contribution in [3.05, 3.63) is 11.9 Å². The van der Waals surface area contributed by atoms with Gasteiger partial charge in [-0.15, -0.1) is 0 Å². The first-order valence-corrected chi connectivity index (χ1v) is 7.39. The lowest BCUT2D eigenvalue weighted by Gasteiger charge is -2.12. The van der Waals surface area contributed by atoms with Crippen LogP contribution in [0, 0.1) is 0 Å². The predicted octanol–water partition coefficient (Wildman–Crippen LogP) is 1.90. The molecule has 1 fully saturated rings. The first-order valence-electron chi connectivity index (χ1n) is 6.34. The maximum atomic E-state index is 5.76. The van der Waals surface area contributed by atoms with Gasteiger partial charge in [0.25, 0.3) is 0 Å². The molecule has 0 radical (unpaired) electrons. The fourth-order valence-corrected chi connectivity index (χ4v) is 3.09. The molecule has 0 spiro atoms. The maximum Gasteiger partial charge on any atom is 0.158 e. The zero-order valence-corrected chi connectivity index (χ0v) is 11.5. The quantitative estimate of drug-likeness (QED) is 0.821. The van der Waals surface area contributed by atoms with Crippen LogP contribution >= 0.6 is 11.8 Å². The summed E-state index contributed by atoms with van der Waals surface area (Å²) < 4.78 is 5.30. The summed E-state index contributed by atoms with van der Waals surface area (Å²) in [4.78, 5) is 8.54. The third-order valence-electron chi connectivity index (χ3n) is 2.76.